The third kappa shape index (κ3) is 5.44. The standard InChI is InChI=1S/C27H30N4O4/c1-33-23-10-8-22(9-11-23)30-13-15-31(16-14-30)24(20-7-12-25-26(17-20)35-19-34-25)18-28-27(32)29-21-5-3-2-4-6-21/h2-12,17,24H,13-16,18-19H2,1H3,(H2,28,29,32). The predicted octanol–water partition coefficient (Wildman–Crippen LogP) is 4.11. The Hall–Kier alpha value is -3.91. The Morgan fingerprint density at radius 1 is 0.943 bits per heavy atom. The van der Waals surface area contributed by atoms with Crippen LogP contribution < -0.4 is 29.7 Å². The lowest BCUT2D eigenvalue weighted by atomic mass is 10.0. The number of hydrogen-bond acceptors (Lipinski definition) is 6. The van der Waals surface area contributed by atoms with E-state index in [4.69, 9.17) is 14.2 Å². The van der Waals surface area contributed by atoms with Crippen molar-refractivity contribution in [1.82, 2.24) is 10.2 Å². The lowest BCUT2D eigenvalue weighted by Gasteiger charge is -2.40. The second kappa shape index (κ2) is 10.6. The van der Waals surface area contributed by atoms with E-state index in [2.05, 4.69) is 38.6 Å². The molecule has 0 aromatic heterocycles. The molecule has 0 saturated carbocycles. The smallest absolute Gasteiger partial charge is 0.319 e. The van der Waals surface area contributed by atoms with Crippen molar-refractivity contribution >= 4 is 17.4 Å². The van der Waals surface area contributed by atoms with Crippen molar-refractivity contribution in [3.63, 3.8) is 0 Å². The van der Waals surface area contributed by atoms with E-state index >= 15 is 0 Å². The first kappa shape index (κ1) is 22.9. The van der Waals surface area contributed by atoms with Crippen LogP contribution in [0.5, 0.6) is 17.2 Å². The number of benzene rings is 3. The van der Waals surface area contributed by atoms with Gasteiger partial charge in [0, 0.05) is 44.1 Å². The fourth-order valence-electron chi connectivity index (χ4n) is 4.55. The fourth-order valence-corrected chi connectivity index (χ4v) is 4.55. The summed E-state index contributed by atoms with van der Waals surface area (Å²) in [7, 11) is 1.68. The van der Waals surface area contributed by atoms with E-state index in [0.29, 0.717) is 6.54 Å². The number of rotatable bonds is 7. The number of anilines is 2. The van der Waals surface area contributed by atoms with Gasteiger partial charge in [0.15, 0.2) is 11.5 Å². The minimum Gasteiger partial charge on any atom is -0.497 e. The molecule has 2 N–H and O–H groups in total. The maximum Gasteiger partial charge on any atom is 0.319 e. The van der Waals surface area contributed by atoms with Gasteiger partial charge < -0.3 is 29.7 Å². The molecular weight excluding hydrogens is 444 g/mol. The largest absolute Gasteiger partial charge is 0.497 e. The molecule has 2 aliphatic rings. The van der Waals surface area contributed by atoms with Gasteiger partial charge in [0.05, 0.1) is 13.2 Å². The zero-order valence-electron chi connectivity index (χ0n) is 19.8. The second-order valence-corrected chi connectivity index (χ2v) is 8.55. The number of amides is 2. The van der Waals surface area contributed by atoms with Gasteiger partial charge in [-0.25, -0.2) is 4.79 Å². The van der Waals surface area contributed by atoms with Crippen molar-refractivity contribution in [3.05, 3.63) is 78.4 Å². The summed E-state index contributed by atoms with van der Waals surface area (Å²) in [4.78, 5) is 17.4. The van der Waals surface area contributed by atoms with E-state index in [1.807, 2.05) is 54.6 Å². The third-order valence-electron chi connectivity index (χ3n) is 6.46. The average molecular weight is 475 g/mol. The normalized spacial score (nSPS) is 16.0. The van der Waals surface area contributed by atoms with E-state index < -0.39 is 0 Å². The first-order chi connectivity index (χ1) is 17.2. The Bertz CT molecular complexity index is 1130. The van der Waals surface area contributed by atoms with Crippen molar-refractivity contribution in [2.75, 3.05) is 56.8 Å². The monoisotopic (exact) mass is 474 g/mol. The SMILES string of the molecule is COc1ccc(N2CCN(C(CNC(=O)Nc3ccccc3)c3ccc4c(c3)OCO4)CC2)cc1. The van der Waals surface area contributed by atoms with E-state index in [9.17, 15) is 4.79 Å². The number of nitrogens with one attached hydrogen (secondary N) is 2. The molecule has 0 spiro atoms. The Morgan fingerprint density at radius 2 is 1.69 bits per heavy atom. The molecule has 182 valence electrons. The van der Waals surface area contributed by atoms with E-state index in [0.717, 1.165) is 54.7 Å². The van der Waals surface area contributed by atoms with Gasteiger partial charge in [0.1, 0.15) is 5.75 Å². The van der Waals surface area contributed by atoms with Gasteiger partial charge >= 0.3 is 6.03 Å². The van der Waals surface area contributed by atoms with Crippen molar-refractivity contribution < 1.29 is 19.0 Å². The number of piperazine rings is 1. The second-order valence-electron chi connectivity index (χ2n) is 8.55. The summed E-state index contributed by atoms with van der Waals surface area (Å²) in [6.45, 7) is 4.23. The van der Waals surface area contributed by atoms with E-state index in [1.54, 1.807) is 7.11 Å². The number of para-hydroxylation sites is 1. The van der Waals surface area contributed by atoms with Gasteiger partial charge in [-0.2, -0.15) is 0 Å². The predicted molar refractivity (Wildman–Crippen MR) is 136 cm³/mol. The summed E-state index contributed by atoms with van der Waals surface area (Å²) < 4.78 is 16.4. The highest BCUT2D eigenvalue weighted by molar-refractivity contribution is 5.89. The van der Waals surface area contributed by atoms with Gasteiger partial charge in [-0.15, -0.1) is 0 Å². The average Bonchev–Trinajstić information content (AvgIpc) is 3.38. The topological polar surface area (TPSA) is 75.3 Å². The number of hydrogen-bond donors (Lipinski definition) is 2. The first-order valence-corrected chi connectivity index (χ1v) is 11.8. The molecule has 0 radical (unpaired) electrons. The molecule has 2 amide bonds. The summed E-state index contributed by atoms with van der Waals surface area (Å²) in [5, 5.41) is 5.96. The van der Waals surface area contributed by atoms with Crippen LogP contribution >= 0.6 is 0 Å². The zero-order chi connectivity index (χ0) is 24.0. The molecule has 0 aliphatic carbocycles. The highest BCUT2D eigenvalue weighted by atomic mass is 16.7. The van der Waals surface area contributed by atoms with Crippen LogP contribution in [0.15, 0.2) is 72.8 Å². The molecule has 3 aromatic carbocycles. The minimum absolute atomic E-state index is 0.00374. The van der Waals surface area contributed by atoms with Crippen molar-refractivity contribution in [1.29, 1.82) is 0 Å². The number of ether oxygens (including phenoxy) is 3. The third-order valence-corrected chi connectivity index (χ3v) is 6.46. The van der Waals surface area contributed by atoms with Crippen molar-refractivity contribution in [2.45, 2.75) is 6.04 Å². The first-order valence-electron chi connectivity index (χ1n) is 11.8. The van der Waals surface area contributed by atoms with Crippen LogP contribution in [0.2, 0.25) is 0 Å². The summed E-state index contributed by atoms with van der Waals surface area (Å²) in [5.74, 6) is 2.36. The zero-order valence-corrected chi connectivity index (χ0v) is 19.8. The van der Waals surface area contributed by atoms with E-state index in [-0.39, 0.29) is 18.9 Å². The van der Waals surface area contributed by atoms with Crippen LogP contribution in [0.4, 0.5) is 16.2 Å². The molecule has 35 heavy (non-hydrogen) atoms. The lowest BCUT2D eigenvalue weighted by Crippen LogP contribution is -2.50. The number of nitrogens with zero attached hydrogens (tertiary/aromatic N) is 2. The maximum atomic E-state index is 12.6. The van der Waals surface area contributed by atoms with Crippen LogP contribution in [0.25, 0.3) is 0 Å². The van der Waals surface area contributed by atoms with Crippen LogP contribution in [0, 0.1) is 0 Å². The molecule has 1 atom stereocenters. The number of carbonyl (C=O) groups excluding carboxylic acids is 1. The minimum atomic E-state index is -0.223. The highest BCUT2D eigenvalue weighted by Gasteiger charge is 2.27. The Kier molecular flexibility index (Phi) is 6.90. The molecule has 1 unspecified atom stereocenters. The Morgan fingerprint density at radius 3 is 2.43 bits per heavy atom. The van der Waals surface area contributed by atoms with Gasteiger partial charge in [0.2, 0.25) is 6.79 Å². The molecule has 1 saturated heterocycles. The molecule has 8 heteroatoms. The number of methoxy groups -OCH3 is 1. The molecular formula is C27H30N4O4. The molecule has 0 bridgehead atoms. The van der Waals surface area contributed by atoms with Gasteiger partial charge in [-0.05, 0) is 54.1 Å². The molecule has 1 fully saturated rings. The Balaban J connectivity index is 1.27. The van der Waals surface area contributed by atoms with Gasteiger partial charge in [-0.3, -0.25) is 4.90 Å². The molecule has 2 aliphatic heterocycles. The number of carbonyl (C=O) groups is 1. The molecule has 5 rings (SSSR count). The summed E-state index contributed by atoms with van der Waals surface area (Å²) >= 11 is 0. The van der Waals surface area contributed by atoms with E-state index in [1.165, 1.54) is 5.69 Å². The number of urea groups is 1. The van der Waals surface area contributed by atoms with Crippen molar-refractivity contribution in [2.24, 2.45) is 0 Å². The lowest BCUT2D eigenvalue weighted by molar-refractivity contribution is 0.173. The fraction of sp³-hybridized carbons (Fsp3) is 0.296. The maximum absolute atomic E-state index is 12.6. The quantitative estimate of drug-likeness (QED) is 0.537. The highest BCUT2D eigenvalue weighted by Crippen LogP contribution is 2.36. The van der Waals surface area contributed by atoms with Crippen molar-refractivity contribution in [3.8, 4) is 17.2 Å². The summed E-state index contributed by atoms with van der Waals surface area (Å²) in [6, 6.07) is 23.4. The van der Waals surface area contributed by atoms with Crippen LogP contribution in [-0.4, -0.2) is 57.6 Å². The van der Waals surface area contributed by atoms with Crippen LogP contribution in [-0.2, 0) is 0 Å². The number of fused-ring (bicyclic) bond motifs is 1. The molecule has 8 nitrogen and oxygen atoms in total. The van der Waals surface area contributed by atoms with Gasteiger partial charge in [0.25, 0.3) is 0 Å². The van der Waals surface area contributed by atoms with Gasteiger partial charge in [-0.1, -0.05) is 24.3 Å². The van der Waals surface area contributed by atoms with Crippen LogP contribution in [0.1, 0.15) is 11.6 Å². The Labute approximate surface area is 205 Å². The molecule has 2 heterocycles. The summed E-state index contributed by atoms with van der Waals surface area (Å²) in [6.07, 6.45) is 0. The van der Waals surface area contributed by atoms with Crippen LogP contribution in [0.3, 0.4) is 0 Å². The summed E-state index contributed by atoms with van der Waals surface area (Å²) in [5.41, 5.74) is 3.04. The molecule has 3 aromatic rings.